The first-order valence-electron chi connectivity index (χ1n) is 9.06. The van der Waals surface area contributed by atoms with Crippen LogP contribution in [0.4, 0.5) is 0 Å². The van der Waals surface area contributed by atoms with Crippen molar-refractivity contribution in [2.45, 2.75) is 43.2 Å². The lowest BCUT2D eigenvalue weighted by atomic mass is 10.0. The average Bonchev–Trinajstić information content (AvgIpc) is 3.08. The van der Waals surface area contributed by atoms with Crippen molar-refractivity contribution in [1.29, 1.82) is 0 Å². The van der Waals surface area contributed by atoms with Crippen molar-refractivity contribution < 1.29 is 34.5 Å². The zero-order valence-corrected chi connectivity index (χ0v) is 16.9. The van der Waals surface area contributed by atoms with E-state index in [1.807, 2.05) is 12.1 Å². The maximum Gasteiger partial charge on any atom is 0.326 e. The van der Waals surface area contributed by atoms with Crippen LogP contribution in [0.2, 0.25) is 0 Å². The monoisotopic (exact) mass is 437 g/mol. The fourth-order valence-electron chi connectivity index (χ4n) is 2.85. The first-order chi connectivity index (χ1) is 14.1. The molecule has 2 unspecified atom stereocenters. The Morgan fingerprint density at radius 3 is 2.30 bits per heavy atom. The number of carbonyl (C=O) groups excluding carboxylic acids is 2. The Bertz CT molecular complexity index is 943. The summed E-state index contributed by atoms with van der Waals surface area (Å²) in [5, 5.41) is 32.1. The summed E-state index contributed by atoms with van der Waals surface area (Å²) in [4.78, 5) is 50.4. The number of aliphatic hydroxyl groups excluding tert-OH is 1. The minimum atomic E-state index is -1.53. The molecular weight excluding hydrogens is 414 g/mol. The highest BCUT2D eigenvalue weighted by Gasteiger charge is 2.31. The molecule has 30 heavy (non-hydrogen) atoms. The number of carbonyl (C=O) groups is 4. The third-order valence-electron chi connectivity index (χ3n) is 4.45. The number of aliphatic carboxylic acids is 2. The molecule has 0 spiro atoms. The fourth-order valence-corrected chi connectivity index (χ4v) is 2.93. The number of fused-ring (bicyclic) bond motifs is 1. The first-order valence-corrected chi connectivity index (χ1v) is 9.58. The van der Waals surface area contributed by atoms with Gasteiger partial charge in [0.05, 0.1) is 12.5 Å². The fraction of sp³-hybridized carbons (Fsp3) is 0.368. The van der Waals surface area contributed by atoms with Crippen molar-refractivity contribution in [2.24, 2.45) is 0 Å². The molecule has 6 N–H and O–H groups in total. The van der Waals surface area contributed by atoms with Gasteiger partial charge in [-0.2, -0.15) is 12.6 Å². The van der Waals surface area contributed by atoms with Crippen molar-refractivity contribution in [2.75, 3.05) is 0 Å². The molecule has 0 radical (unpaired) electrons. The van der Waals surface area contributed by atoms with Gasteiger partial charge in [0.15, 0.2) is 0 Å². The van der Waals surface area contributed by atoms with Crippen LogP contribution in [-0.4, -0.2) is 67.5 Å². The lowest BCUT2D eigenvalue weighted by Gasteiger charge is -2.22. The van der Waals surface area contributed by atoms with Crippen LogP contribution in [0.5, 0.6) is 0 Å². The number of para-hydroxylation sites is 1. The van der Waals surface area contributed by atoms with Gasteiger partial charge in [-0.3, -0.25) is 14.4 Å². The van der Waals surface area contributed by atoms with Gasteiger partial charge in [0.2, 0.25) is 11.8 Å². The molecule has 11 heteroatoms. The zero-order valence-electron chi connectivity index (χ0n) is 16.0. The molecule has 10 nitrogen and oxygen atoms in total. The van der Waals surface area contributed by atoms with Gasteiger partial charge in [-0.25, -0.2) is 4.79 Å². The topological polar surface area (TPSA) is 169 Å². The lowest BCUT2D eigenvalue weighted by molar-refractivity contribution is -0.143. The molecule has 0 aliphatic heterocycles. The standard InChI is InChI=1S/C19H23N3O7S/c1-9(23)16(30)18(27)21-13(7-15(24)25)17(26)22-14(19(28)29)6-10-8-20-12-5-3-2-4-11(10)12/h2-5,8-9,13-14,16,20,23,30H,6-7H2,1H3,(H,21,27)(H,22,26)(H,24,25)(H,28,29)/t9-,13?,14-,16?/m0/s1. The van der Waals surface area contributed by atoms with Gasteiger partial charge >= 0.3 is 11.9 Å². The number of nitrogens with one attached hydrogen (secondary N) is 3. The number of amides is 2. The molecule has 2 amide bonds. The van der Waals surface area contributed by atoms with E-state index in [1.165, 1.54) is 6.92 Å². The number of rotatable bonds is 10. The molecule has 0 aliphatic rings. The Balaban J connectivity index is 2.16. The number of hydrogen-bond acceptors (Lipinski definition) is 6. The Morgan fingerprint density at radius 1 is 1.07 bits per heavy atom. The summed E-state index contributed by atoms with van der Waals surface area (Å²) in [6.07, 6.45) is -0.327. The molecule has 1 aromatic heterocycles. The highest BCUT2D eigenvalue weighted by Crippen LogP contribution is 2.19. The van der Waals surface area contributed by atoms with Crippen LogP contribution in [0.15, 0.2) is 30.5 Å². The molecule has 0 bridgehead atoms. The molecule has 4 atom stereocenters. The number of aromatic amines is 1. The van der Waals surface area contributed by atoms with Crippen LogP contribution in [-0.2, 0) is 25.6 Å². The normalized spacial score (nSPS) is 15.0. The summed E-state index contributed by atoms with van der Waals surface area (Å²) in [5.74, 6) is -4.50. The zero-order chi connectivity index (χ0) is 22.4. The second-order valence-electron chi connectivity index (χ2n) is 6.81. The smallest absolute Gasteiger partial charge is 0.326 e. The SMILES string of the molecule is C[C@H](O)C(S)C(=O)NC(CC(=O)O)C(=O)N[C@@H](Cc1c[nH]c2ccccc12)C(=O)O. The Morgan fingerprint density at radius 2 is 1.70 bits per heavy atom. The molecule has 0 aliphatic carbocycles. The first kappa shape index (κ1) is 23.2. The number of thiol groups is 1. The van der Waals surface area contributed by atoms with E-state index in [1.54, 1.807) is 18.3 Å². The van der Waals surface area contributed by atoms with E-state index in [9.17, 15) is 29.4 Å². The number of benzene rings is 1. The molecule has 0 saturated heterocycles. The summed E-state index contributed by atoms with van der Waals surface area (Å²) in [7, 11) is 0. The number of carboxylic acid groups (broad SMARTS) is 2. The Labute approximate surface area is 177 Å². The molecule has 1 heterocycles. The molecule has 0 saturated carbocycles. The molecule has 162 valence electrons. The maximum atomic E-state index is 12.6. The van der Waals surface area contributed by atoms with Gasteiger partial charge < -0.3 is 30.9 Å². The quantitative estimate of drug-likeness (QED) is 0.255. The van der Waals surface area contributed by atoms with Crippen molar-refractivity contribution >= 4 is 47.3 Å². The molecule has 2 aromatic rings. The van der Waals surface area contributed by atoms with E-state index in [0.717, 1.165) is 10.9 Å². The van der Waals surface area contributed by atoms with E-state index >= 15 is 0 Å². The average molecular weight is 437 g/mol. The van der Waals surface area contributed by atoms with Crippen molar-refractivity contribution in [3.8, 4) is 0 Å². The van der Waals surface area contributed by atoms with E-state index in [4.69, 9.17) is 5.11 Å². The number of carboxylic acids is 2. The Kier molecular flexibility index (Phi) is 7.84. The molecule has 0 fully saturated rings. The summed E-state index contributed by atoms with van der Waals surface area (Å²) < 4.78 is 0. The van der Waals surface area contributed by atoms with Gasteiger partial charge in [0.1, 0.15) is 17.3 Å². The minimum Gasteiger partial charge on any atom is -0.481 e. The molecule has 1 aromatic carbocycles. The van der Waals surface area contributed by atoms with Gasteiger partial charge in [-0.15, -0.1) is 0 Å². The van der Waals surface area contributed by atoms with E-state index in [-0.39, 0.29) is 6.42 Å². The van der Waals surface area contributed by atoms with Crippen LogP contribution in [0.1, 0.15) is 18.9 Å². The number of aliphatic hydroxyl groups is 1. The van der Waals surface area contributed by atoms with E-state index in [2.05, 4.69) is 28.2 Å². The largest absolute Gasteiger partial charge is 0.481 e. The second kappa shape index (κ2) is 10.1. The lowest BCUT2D eigenvalue weighted by Crippen LogP contribution is -2.54. The van der Waals surface area contributed by atoms with Crippen molar-refractivity contribution in [3.63, 3.8) is 0 Å². The maximum absolute atomic E-state index is 12.6. The summed E-state index contributed by atoms with van der Waals surface area (Å²) in [6.45, 7) is 1.31. The molecular formula is C19H23N3O7S. The number of hydrogen-bond donors (Lipinski definition) is 7. The summed E-state index contributed by atoms with van der Waals surface area (Å²) in [6, 6.07) is 4.35. The highest BCUT2D eigenvalue weighted by molar-refractivity contribution is 7.81. The van der Waals surface area contributed by atoms with Crippen LogP contribution in [0.3, 0.4) is 0 Å². The summed E-state index contributed by atoms with van der Waals surface area (Å²) in [5.41, 5.74) is 1.46. The number of aromatic nitrogens is 1. The predicted octanol–water partition coefficient (Wildman–Crippen LogP) is -0.0815. The van der Waals surface area contributed by atoms with Gasteiger partial charge in [0, 0.05) is 23.5 Å². The van der Waals surface area contributed by atoms with Gasteiger partial charge in [-0.05, 0) is 18.6 Å². The van der Waals surface area contributed by atoms with Crippen LogP contribution < -0.4 is 10.6 Å². The summed E-state index contributed by atoms with van der Waals surface area (Å²) >= 11 is 3.91. The predicted molar refractivity (Wildman–Crippen MR) is 110 cm³/mol. The van der Waals surface area contributed by atoms with Crippen LogP contribution in [0, 0.1) is 0 Å². The Hall–Kier alpha value is -3.05. The van der Waals surface area contributed by atoms with Crippen LogP contribution in [0.25, 0.3) is 10.9 Å². The van der Waals surface area contributed by atoms with Crippen molar-refractivity contribution in [1.82, 2.24) is 15.6 Å². The third kappa shape index (κ3) is 5.97. The van der Waals surface area contributed by atoms with Crippen molar-refractivity contribution in [3.05, 3.63) is 36.0 Å². The number of H-pyrrole nitrogens is 1. The second-order valence-corrected chi connectivity index (χ2v) is 7.36. The van der Waals surface area contributed by atoms with E-state index in [0.29, 0.717) is 5.56 Å². The minimum absolute atomic E-state index is 0.0539. The van der Waals surface area contributed by atoms with Crippen LogP contribution >= 0.6 is 12.6 Å². The highest BCUT2D eigenvalue weighted by atomic mass is 32.1. The third-order valence-corrected chi connectivity index (χ3v) is 5.12. The van der Waals surface area contributed by atoms with Gasteiger partial charge in [0.25, 0.3) is 0 Å². The van der Waals surface area contributed by atoms with E-state index < -0.39 is 53.6 Å². The molecule has 2 rings (SSSR count). The van der Waals surface area contributed by atoms with Gasteiger partial charge in [-0.1, -0.05) is 18.2 Å².